The van der Waals surface area contributed by atoms with E-state index in [4.69, 9.17) is 4.74 Å². The Labute approximate surface area is 111 Å². The molecule has 0 heterocycles. The topological polar surface area (TPSA) is 24.5 Å². The van der Waals surface area contributed by atoms with E-state index in [1.54, 1.807) is 7.11 Å². The average Bonchev–Trinajstić information content (AvgIpc) is 2.37. The summed E-state index contributed by atoms with van der Waals surface area (Å²) in [5, 5.41) is 3.44. The number of nitrogens with zero attached hydrogens (tertiary/aromatic N) is 1. The molecule has 0 saturated carbocycles. The van der Waals surface area contributed by atoms with Crippen LogP contribution in [0, 0.1) is 0 Å². The molecule has 0 spiro atoms. The Hall–Kier alpha value is -1.22. The van der Waals surface area contributed by atoms with E-state index in [1.165, 1.54) is 12.8 Å². The lowest BCUT2D eigenvalue weighted by Gasteiger charge is -2.21. The highest BCUT2D eigenvalue weighted by Gasteiger charge is 2.06. The van der Waals surface area contributed by atoms with Gasteiger partial charge in [-0.05, 0) is 31.5 Å². The number of benzene rings is 1. The van der Waals surface area contributed by atoms with Crippen molar-refractivity contribution in [3.63, 3.8) is 0 Å². The number of ether oxygens (including phenoxy) is 1. The largest absolute Gasteiger partial charge is 0.495 e. The summed E-state index contributed by atoms with van der Waals surface area (Å²) in [6, 6.07) is 8.74. The maximum Gasteiger partial charge on any atom is 0.142 e. The molecular weight excluding hydrogens is 224 g/mol. The molecule has 102 valence electrons. The monoisotopic (exact) mass is 250 g/mol. The first kappa shape index (κ1) is 14.8. The van der Waals surface area contributed by atoms with Crippen molar-refractivity contribution in [2.45, 2.75) is 32.7 Å². The molecule has 18 heavy (non-hydrogen) atoms. The molecule has 3 heteroatoms. The summed E-state index contributed by atoms with van der Waals surface area (Å²) in [6.45, 7) is 6.51. The lowest BCUT2D eigenvalue weighted by atomic mass is 10.2. The molecule has 0 unspecified atom stereocenters. The van der Waals surface area contributed by atoms with Gasteiger partial charge in [0.25, 0.3) is 0 Å². The van der Waals surface area contributed by atoms with Gasteiger partial charge in [0.1, 0.15) is 5.75 Å². The van der Waals surface area contributed by atoms with Gasteiger partial charge in [-0.3, -0.25) is 0 Å². The molecule has 3 nitrogen and oxygen atoms in total. The zero-order valence-electron chi connectivity index (χ0n) is 12.1. The van der Waals surface area contributed by atoms with Gasteiger partial charge in [-0.25, -0.2) is 0 Å². The molecule has 0 aliphatic carbocycles. The molecular formula is C15H26N2O. The summed E-state index contributed by atoms with van der Waals surface area (Å²) in [5.74, 6) is 0.945. The first-order valence-electron chi connectivity index (χ1n) is 6.72. The van der Waals surface area contributed by atoms with E-state index in [1.807, 2.05) is 12.1 Å². The van der Waals surface area contributed by atoms with Crippen LogP contribution in [0.5, 0.6) is 5.75 Å². The summed E-state index contributed by atoms with van der Waals surface area (Å²) in [5.41, 5.74) is 1.16. The standard InChI is InChI=1S/C15H26N2O/c1-13(2)16-11-7-8-12-17(3)14-9-5-6-10-15(14)18-4/h5-6,9-10,13,16H,7-8,11-12H2,1-4H3. The Morgan fingerprint density at radius 3 is 2.61 bits per heavy atom. The second kappa shape index (κ2) is 7.98. The first-order valence-corrected chi connectivity index (χ1v) is 6.72. The summed E-state index contributed by atoms with van der Waals surface area (Å²) in [7, 11) is 3.84. The van der Waals surface area contributed by atoms with Crippen molar-refractivity contribution >= 4 is 5.69 Å². The van der Waals surface area contributed by atoms with Crippen molar-refractivity contribution in [3.05, 3.63) is 24.3 Å². The van der Waals surface area contributed by atoms with Crippen molar-refractivity contribution in [1.82, 2.24) is 5.32 Å². The van der Waals surface area contributed by atoms with E-state index in [0.29, 0.717) is 6.04 Å². The number of anilines is 1. The highest BCUT2D eigenvalue weighted by Crippen LogP contribution is 2.26. The number of rotatable bonds is 8. The first-order chi connectivity index (χ1) is 8.65. The fourth-order valence-corrected chi connectivity index (χ4v) is 1.93. The van der Waals surface area contributed by atoms with Gasteiger partial charge in [0.05, 0.1) is 12.8 Å². The summed E-state index contributed by atoms with van der Waals surface area (Å²) in [6.07, 6.45) is 2.39. The summed E-state index contributed by atoms with van der Waals surface area (Å²) in [4.78, 5) is 2.26. The van der Waals surface area contributed by atoms with Crippen molar-refractivity contribution in [2.75, 3.05) is 32.1 Å². The van der Waals surface area contributed by atoms with Gasteiger partial charge in [-0.15, -0.1) is 0 Å². The third kappa shape index (κ3) is 4.96. The fourth-order valence-electron chi connectivity index (χ4n) is 1.93. The smallest absolute Gasteiger partial charge is 0.142 e. The van der Waals surface area contributed by atoms with Crippen LogP contribution in [0.2, 0.25) is 0 Å². The molecule has 0 aliphatic rings. The van der Waals surface area contributed by atoms with Gasteiger partial charge < -0.3 is 15.0 Å². The molecule has 0 bridgehead atoms. The van der Waals surface area contributed by atoms with E-state index in [9.17, 15) is 0 Å². The lowest BCUT2D eigenvalue weighted by Crippen LogP contribution is -2.25. The minimum atomic E-state index is 0.581. The maximum atomic E-state index is 5.37. The number of hydrogen-bond donors (Lipinski definition) is 1. The molecule has 0 amide bonds. The van der Waals surface area contributed by atoms with Gasteiger partial charge in [-0.2, -0.15) is 0 Å². The van der Waals surface area contributed by atoms with E-state index < -0.39 is 0 Å². The van der Waals surface area contributed by atoms with E-state index >= 15 is 0 Å². The minimum absolute atomic E-state index is 0.581. The molecule has 0 atom stereocenters. The van der Waals surface area contributed by atoms with Crippen molar-refractivity contribution in [3.8, 4) is 5.75 Å². The van der Waals surface area contributed by atoms with Gasteiger partial charge >= 0.3 is 0 Å². The third-order valence-corrected chi connectivity index (χ3v) is 2.97. The van der Waals surface area contributed by atoms with Crippen LogP contribution in [0.25, 0.3) is 0 Å². The quantitative estimate of drug-likeness (QED) is 0.718. The second-order valence-corrected chi connectivity index (χ2v) is 4.91. The molecule has 0 radical (unpaired) electrons. The van der Waals surface area contributed by atoms with Crippen molar-refractivity contribution in [2.24, 2.45) is 0 Å². The Bertz CT molecular complexity index is 339. The molecule has 0 aliphatic heterocycles. The number of methoxy groups -OCH3 is 1. The molecule has 0 fully saturated rings. The number of para-hydroxylation sites is 2. The average molecular weight is 250 g/mol. The molecule has 1 rings (SSSR count). The van der Waals surface area contributed by atoms with Gasteiger partial charge in [0, 0.05) is 19.6 Å². The predicted octanol–water partition coefficient (Wildman–Crippen LogP) is 2.91. The Balaban J connectivity index is 2.34. The van der Waals surface area contributed by atoms with E-state index in [2.05, 4.69) is 43.2 Å². The van der Waals surface area contributed by atoms with E-state index in [-0.39, 0.29) is 0 Å². The predicted molar refractivity (Wildman–Crippen MR) is 78.6 cm³/mol. The summed E-state index contributed by atoms with van der Waals surface area (Å²) < 4.78 is 5.37. The van der Waals surface area contributed by atoms with Gasteiger partial charge in [0.2, 0.25) is 0 Å². The molecule has 0 aromatic heterocycles. The normalized spacial score (nSPS) is 10.7. The van der Waals surface area contributed by atoms with Gasteiger partial charge in [0.15, 0.2) is 0 Å². The van der Waals surface area contributed by atoms with Gasteiger partial charge in [-0.1, -0.05) is 26.0 Å². The van der Waals surface area contributed by atoms with Crippen LogP contribution in [-0.2, 0) is 0 Å². The molecule has 1 aromatic rings. The van der Waals surface area contributed by atoms with Crippen molar-refractivity contribution < 1.29 is 4.74 Å². The van der Waals surface area contributed by atoms with Crippen LogP contribution < -0.4 is 15.0 Å². The highest BCUT2D eigenvalue weighted by atomic mass is 16.5. The zero-order valence-corrected chi connectivity index (χ0v) is 12.1. The SMILES string of the molecule is COc1ccccc1N(C)CCCCNC(C)C. The number of unbranched alkanes of at least 4 members (excludes halogenated alkanes) is 1. The van der Waals surface area contributed by atoms with E-state index in [0.717, 1.165) is 24.5 Å². The second-order valence-electron chi connectivity index (χ2n) is 4.91. The van der Waals surface area contributed by atoms with Crippen LogP contribution in [0.4, 0.5) is 5.69 Å². The number of nitrogens with one attached hydrogen (secondary N) is 1. The van der Waals surface area contributed by atoms with Crippen LogP contribution in [0.3, 0.4) is 0 Å². The molecule has 1 aromatic carbocycles. The third-order valence-electron chi connectivity index (χ3n) is 2.97. The molecule has 0 saturated heterocycles. The minimum Gasteiger partial charge on any atom is -0.495 e. The Morgan fingerprint density at radius 2 is 1.94 bits per heavy atom. The van der Waals surface area contributed by atoms with Crippen molar-refractivity contribution in [1.29, 1.82) is 0 Å². The fraction of sp³-hybridized carbons (Fsp3) is 0.600. The van der Waals surface area contributed by atoms with Crippen LogP contribution >= 0.6 is 0 Å². The lowest BCUT2D eigenvalue weighted by molar-refractivity contribution is 0.414. The maximum absolute atomic E-state index is 5.37. The van der Waals surface area contributed by atoms with Crippen LogP contribution in [-0.4, -0.2) is 33.3 Å². The molecule has 1 N–H and O–H groups in total. The number of hydrogen-bond acceptors (Lipinski definition) is 3. The highest BCUT2D eigenvalue weighted by molar-refractivity contribution is 5.57. The Morgan fingerprint density at radius 1 is 1.22 bits per heavy atom. The van der Waals surface area contributed by atoms with Crippen LogP contribution in [0.1, 0.15) is 26.7 Å². The van der Waals surface area contributed by atoms with Crippen LogP contribution in [0.15, 0.2) is 24.3 Å². The zero-order chi connectivity index (χ0) is 13.4. The summed E-state index contributed by atoms with van der Waals surface area (Å²) >= 11 is 0. The Kier molecular flexibility index (Phi) is 6.58.